The molecule has 2 atom stereocenters. The van der Waals surface area contributed by atoms with Crippen LogP contribution < -0.4 is 10.6 Å². The Kier molecular flexibility index (Phi) is 2.68. The Balaban J connectivity index is 2.58. The average molecular weight is 154 g/mol. The molecule has 2 N–H and O–H groups in total. The highest BCUT2D eigenvalue weighted by molar-refractivity contribution is 5.01. The van der Waals surface area contributed by atoms with Crippen molar-refractivity contribution in [1.29, 1.82) is 0 Å². The summed E-state index contributed by atoms with van der Waals surface area (Å²) in [6.07, 6.45) is 3.18. The summed E-state index contributed by atoms with van der Waals surface area (Å²) in [7, 11) is 0. The highest BCUT2D eigenvalue weighted by Gasteiger charge is 2.24. The predicted octanol–water partition coefficient (Wildman–Crippen LogP) is 1.11. The minimum Gasteiger partial charge on any atom is -0.304 e. The van der Waals surface area contributed by atoms with Crippen molar-refractivity contribution < 1.29 is 0 Å². The van der Waals surface area contributed by atoms with Gasteiger partial charge in [0, 0.05) is 12.2 Å². The van der Waals surface area contributed by atoms with E-state index < -0.39 is 0 Å². The summed E-state index contributed by atoms with van der Waals surface area (Å²) in [5.41, 5.74) is 0.128. The number of rotatable bonds is 1. The van der Waals surface area contributed by atoms with Gasteiger partial charge in [0.05, 0.1) is 0 Å². The molecule has 0 radical (unpaired) electrons. The summed E-state index contributed by atoms with van der Waals surface area (Å²) in [4.78, 5) is 0. The summed E-state index contributed by atoms with van der Waals surface area (Å²) in [6, 6.07) is 0. The maximum absolute atomic E-state index is 3.84. The van der Waals surface area contributed by atoms with Crippen molar-refractivity contribution >= 4 is 0 Å². The van der Waals surface area contributed by atoms with Crippen LogP contribution in [0.3, 0.4) is 0 Å². The smallest absolute Gasteiger partial charge is 0.0461 e. The van der Waals surface area contributed by atoms with Gasteiger partial charge in [-0.3, -0.25) is 5.32 Å². The third-order valence-electron chi connectivity index (χ3n) is 2.33. The molecule has 0 saturated carbocycles. The molecular weight excluding hydrogens is 136 g/mol. The van der Waals surface area contributed by atoms with E-state index in [9.17, 15) is 0 Å². The minimum absolute atomic E-state index is 0.128. The average Bonchev–Trinajstić information content (AvgIpc) is 2.13. The lowest BCUT2D eigenvalue weighted by atomic mass is 9.91. The second-order valence-corrected chi connectivity index (χ2v) is 3.74. The van der Waals surface area contributed by atoms with Gasteiger partial charge in [-0.1, -0.05) is 13.0 Å². The molecule has 0 bridgehead atoms. The van der Waals surface area contributed by atoms with Gasteiger partial charge in [0.25, 0.3) is 0 Å². The van der Waals surface area contributed by atoms with Crippen LogP contribution in [0, 0.1) is 5.92 Å². The van der Waals surface area contributed by atoms with Gasteiger partial charge in [-0.05, 0) is 25.8 Å². The Morgan fingerprint density at radius 3 is 3.00 bits per heavy atom. The highest BCUT2D eigenvalue weighted by Crippen LogP contribution is 2.18. The van der Waals surface area contributed by atoms with E-state index in [0.717, 1.165) is 19.1 Å². The van der Waals surface area contributed by atoms with Crippen LogP contribution in [-0.2, 0) is 0 Å². The maximum atomic E-state index is 3.84. The van der Waals surface area contributed by atoms with Crippen molar-refractivity contribution in [2.75, 3.05) is 13.2 Å². The quantitative estimate of drug-likeness (QED) is 0.553. The highest BCUT2D eigenvalue weighted by atomic mass is 15.1. The number of hydrogen-bond acceptors (Lipinski definition) is 2. The van der Waals surface area contributed by atoms with Crippen molar-refractivity contribution in [1.82, 2.24) is 10.6 Å². The Morgan fingerprint density at radius 1 is 1.64 bits per heavy atom. The molecule has 1 saturated heterocycles. The van der Waals surface area contributed by atoms with Crippen LogP contribution in [0.2, 0.25) is 0 Å². The van der Waals surface area contributed by atoms with Crippen LogP contribution in [0.5, 0.6) is 0 Å². The first-order valence-electron chi connectivity index (χ1n) is 4.25. The lowest BCUT2D eigenvalue weighted by Crippen LogP contribution is -2.42. The molecule has 64 valence electrons. The topological polar surface area (TPSA) is 24.1 Å². The first-order valence-corrected chi connectivity index (χ1v) is 4.25. The van der Waals surface area contributed by atoms with Crippen molar-refractivity contribution in [3.63, 3.8) is 0 Å². The molecule has 11 heavy (non-hydrogen) atoms. The molecule has 0 aromatic carbocycles. The maximum Gasteiger partial charge on any atom is 0.0461 e. The fourth-order valence-corrected chi connectivity index (χ4v) is 1.61. The second kappa shape index (κ2) is 3.37. The van der Waals surface area contributed by atoms with Crippen LogP contribution in [-0.4, -0.2) is 18.8 Å². The fraction of sp³-hybridized carbons (Fsp3) is 0.778. The van der Waals surface area contributed by atoms with Gasteiger partial charge in [0.15, 0.2) is 0 Å². The molecule has 1 aliphatic heterocycles. The molecule has 0 aliphatic carbocycles. The summed E-state index contributed by atoms with van der Waals surface area (Å²) in [6.45, 7) is 10.3. The molecule has 2 unspecified atom stereocenters. The summed E-state index contributed by atoms with van der Waals surface area (Å²) in [5.74, 6) is 0.730. The lowest BCUT2D eigenvalue weighted by molar-refractivity contribution is 0.388. The van der Waals surface area contributed by atoms with Gasteiger partial charge in [-0.2, -0.15) is 0 Å². The zero-order chi connectivity index (χ0) is 8.32. The Hall–Kier alpha value is -0.340. The Bertz CT molecular complexity index is 144. The monoisotopic (exact) mass is 154 g/mol. The molecule has 0 aromatic rings. The molecule has 1 heterocycles. The Morgan fingerprint density at radius 2 is 2.36 bits per heavy atom. The van der Waals surface area contributed by atoms with E-state index in [1.165, 1.54) is 6.42 Å². The fourth-order valence-electron chi connectivity index (χ4n) is 1.61. The van der Waals surface area contributed by atoms with Crippen LogP contribution in [0.15, 0.2) is 12.7 Å². The van der Waals surface area contributed by atoms with E-state index in [1.807, 2.05) is 6.08 Å². The Labute approximate surface area is 69.1 Å². The van der Waals surface area contributed by atoms with E-state index in [1.54, 1.807) is 0 Å². The van der Waals surface area contributed by atoms with Crippen LogP contribution in [0.1, 0.15) is 20.3 Å². The predicted molar refractivity (Wildman–Crippen MR) is 48.4 cm³/mol. The zero-order valence-electron chi connectivity index (χ0n) is 7.48. The third-order valence-corrected chi connectivity index (χ3v) is 2.33. The second-order valence-electron chi connectivity index (χ2n) is 3.74. The summed E-state index contributed by atoms with van der Waals surface area (Å²) < 4.78 is 0. The third kappa shape index (κ3) is 2.31. The van der Waals surface area contributed by atoms with Gasteiger partial charge >= 0.3 is 0 Å². The van der Waals surface area contributed by atoms with Crippen LogP contribution in [0.4, 0.5) is 0 Å². The first kappa shape index (κ1) is 8.75. The zero-order valence-corrected chi connectivity index (χ0v) is 7.48. The van der Waals surface area contributed by atoms with Crippen molar-refractivity contribution in [3.8, 4) is 0 Å². The lowest BCUT2D eigenvalue weighted by Gasteiger charge is -2.26. The molecule has 0 aromatic heterocycles. The summed E-state index contributed by atoms with van der Waals surface area (Å²) >= 11 is 0. The van der Waals surface area contributed by atoms with E-state index in [2.05, 4.69) is 31.1 Å². The van der Waals surface area contributed by atoms with Crippen molar-refractivity contribution in [2.45, 2.75) is 25.8 Å². The van der Waals surface area contributed by atoms with Crippen LogP contribution in [0.25, 0.3) is 0 Å². The van der Waals surface area contributed by atoms with E-state index >= 15 is 0 Å². The molecule has 0 amide bonds. The number of hydrogen-bond donors (Lipinski definition) is 2. The van der Waals surface area contributed by atoms with Crippen LogP contribution >= 0.6 is 0 Å². The molecule has 2 nitrogen and oxygen atoms in total. The normalized spacial score (nSPS) is 39.6. The molecule has 1 fully saturated rings. The molecule has 1 rings (SSSR count). The first-order chi connectivity index (χ1) is 5.16. The van der Waals surface area contributed by atoms with E-state index in [0.29, 0.717) is 0 Å². The minimum atomic E-state index is 0.128. The molecular formula is C9H18N2. The van der Waals surface area contributed by atoms with Gasteiger partial charge in [0.2, 0.25) is 0 Å². The van der Waals surface area contributed by atoms with Gasteiger partial charge in [-0.25, -0.2) is 0 Å². The van der Waals surface area contributed by atoms with Crippen molar-refractivity contribution in [2.24, 2.45) is 5.92 Å². The van der Waals surface area contributed by atoms with E-state index in [-0.39, 0.29) is 5.54 Å². The number of nitrogens with one attached hydrogen (secondary N) is 2. The van der Waals surface area contributed by atoms with Gasteiger partial charge in [-0.15, -0.1) is 6.58 Å². The van der Waals surface area contributed by atoms with Gasteiger partial charge < -0.3 is 5.32 Å². The van der Waals surface area contributed by atoms with E-state index in [4.69, 9.17) is 0 Å². The molecule has 0 spiro atoms. The SMILES string of the molecule is C=CC1(C)CC(C)CNCN1. The van der Waals surface area contributed by atoms with Gasteiger partial charge in [0.1, 0.15) is 0 Å². The largest absolute Gasteiger partial charge is 0.304 e. The standard InChI is InChI=1S/C9H18N2/c1-4-9(3)5-8(2)6-10-7-11-9/h4,8,10-11H,1,5-7H2,2-3H3. The molecule has 2 heteroatoms. The van der Waals surface area contributed by atoms with Crippen molar-refractivity contribution in [3.05, 3.63) is 12.7 Å². The summed E-state index contributed by atoms with van der Waals surface area (Å²) in [5, 5.41) is 6.74. The molecule has 1 aliphatic rings.